The molecule has 0 aromatic heterocycles. The number of amides is 2. The Balaban J connectivity index is 1.61. The number of carbonyl (C=O) groups excluding carboxylic acids is 2. The highest BCUT2D eigenvalue weighted by molar-refractivity contribution is 5.88. The van der Waals surface area contributed by atoms with Gasteiger partial charge in [0.25, 0.3) is 0 Å². The molecule has 2 saturated heterocycles. The third-order valence-electron chi connectivity index (χ3n) is 6.54. The van der Waals surface area contributed by atoms with Crippen LogP contribution in [-0.2, 0) is 16.1 Å². The van der Waals surface area contributed by atoms with Gasteiger partial charge in [0.1, 0.15) is 11.5 Å². The third kappa shape index (κ3) is 4.58. The van der Waals surface area contributed by atoms with Crippen molar-refractivity contribution in [3.63, 3.8) is 0 Å². The molecule has 2 fully saturated rings. The molecule has 2 atom stereocenters. The lowest BCUT2D eigenvalue weighted by molar-refractivity contribution is -0.125. The topological polar surface area (TPSA) is 79.9 Å². The Bertz CT molecular complexity index is 991. The van der Waals surface area contributed by atoms with Gasteiger partial charge < -0.3 is 20.1 Å². The average molecular weight is 438 g/mol. The van der Waals surface area contributed by atoms with Crippen molar-refractivity contribution < 1.29 is 19.1 Å². The molecular weight excluding hydrogens is 406 g/mol. The van der Waals surface area contributed by atoms with E-state index in [1.54, 1.807) is 14.2 Å². The molecule has 2 aliphatic rings. The summed E-state index contributed by atoms with van der Waals surface area (Å²) in [7, 11) is 3.34. The number of benzene rings is 2. The van der Waals surface area contributed by atoms with E-state index in [2.05, 4.69) is 27.7 Å². The zero-order valence-corrected chi connectivity index (χ0v) is 18.9. The summed E-state index contributed by atoms with van der Waals surface area (Å²) in [6.45, 7) is 3.80. The fourth-order valence-electron chi connectivity index (χ4n) is 5.15. The monoisotopic (exact) mass is 437 g/mol. The van der Waals surface area contributed by atoms with Crippen LogP contribution in [0.15, 0.2) is 42.5 Å². The minimum Gasteiger partial charge on any atom is -0.497 e. The average Bonchev–Trinajstić information content (AvgIpc) is 3.10. The summed E-state index contributed by atoms with van der Waals surface area (Å²) in [6.07, 6.45) is 2.42. The second kappa shape index (κ2) is 9.20. The zero-order valence-electron chi connectivity index (χ0n) is 18.9. The molecule has 7 nitrogen and oxygen atoms in total. The summed E-state index contributed by atoms with van der Waals surface area (Å²) < 4.78 is 11.0. The third-order valence-corrected chi connectivity index (χ3v) is 6.54. The smallest absolute Gasteiger partial charge is 0.221 e. The number of anilines is 1. The molecule has 32 heavy (non-hydrogen) atoms. The lowest BCUT2D eigenvalue weighted by Gasteiger charge is -2.39. The summed E-state index contributed by atoms with van der Waals surface area (Å²) in [6, 6.07) is 13.8. The fraction of sp³-hybridized carbons (Fsp3) is 0.440. The summed E-state index contributed by atoms with van der Waals surface area (Å²) in [5.74, 6) is 1.82. The van der Waals surface area contributed by atoms with Crippen LogP contribution in [0.2, 0.25) is 0 Å². The first-order valence-corrected chi connectivity index (χ1v) is 11.0. The molecule has 170 valence electrons. The van der Waals surface area contributed by atoms with Crippen molar-refractivity contribution in [1.29, 1.82) is 0 Å². The molecule has 0 unspecified atom stereocenters. The maximum atomic E-state index is 12.4. The van der Waals surface area contributed by atoms with Crippen LogP contribution in [0.25, 0.3) is 0 Å². The number of ether oxygens (including phenoxy) is 2. The van der Waals surface area contributed by atoms with Gasteiger partial charge in [-0.1, -0.05) is 12.1 Å². The van der Waals surface area contributed by atoms with Crippen LogP contribution in [-0.4, -0.2) is 49.6 Å². The minimum absolute atomic E-state index is 0.0898. The van der Waals surface area contributed by atoms with Crippen LogP contribution in [0.4, 0.5) is 5.69 Å². The highest BCUT2D eigenvalue weighted by Gasteiger charge is 2.49. The summed E-state index contributed by atoms with van der Waals surface area (Å²) in [5, 5.41) is 6.17. The number of methoxy groups -OCH3 is 2. The molecule has 2 heterocycles. The van der Waals surface area contributed by atoms with Crippen molar-refractivity contribution in [3.05, 3.63) is 53.6 Å². The molecule has 0 radical (unpaired) electrons. The number of rotatable bonds is 6. The first-order chi connectivity index (χ1) is 15.4. The van der Waals surface area contributed by atoms with Gasteiger partial charge in [0, 0.05) is 50.1 Å². The zero-order chi connectivity index (χ0) is 22.7. The van der Waals surface area contributed by atoms with E-state index in [-0.39, 0.29) is 23.3 Å². The van der Waals surface area contributed by atoms with Gasteiger partial charge in [-0.05, 0) is 48.7 Å². The lowest BCUT2D eigenvalue weighted by atomic mass is 9.76. The summed E-state index contributed by atoms with van der Waals surface area (Å²) >= 11 is 0. The SMILES string of the molecule is COc1ccc(OC)c(CN2C[C@@H](c3ccc(NC(C)=O)cc3)[C@@]3(CCCC(=O)N3)C2)c1. The van der Waals surface area contributed by atoms with Crippen LogP contribution in [0, 0.1) is 0 Å². The Hall–Kier alpha value is -3.06. The van der Waals surface area contributed by atoms with Crippen LogP contribution < -0.4 is 20.1 Å². The fourth-order valence-corrected chi connectivity index (χ4v) is 5.15. The summed E-state index contributed by atoms with van der Waals surface area (Å²) in [4.78, 5) is 26.2. The van der Waals surface area contributed by atoms with E-state index in [1.807, 2.05) is 30.3 Å². The van der Waals surface area contributed by atoms with Crippen molar-refractivity contribution in [1.82, 2.24) is 10.2 Å². The van der Waals surface area contributed by atoms with Gasteiger partial charge in [0.05, 0.1) is 19.8 Å². The Labute approximate surface area is 189 Å². The second-order valence-electron chi connectivity index (χ2n) is 8.76. The second-order valence-corrected chi connectivity index (χ2v) is 8.76. The first-order valence-electron chi connectivity index (χ1n) is 11.0. The molecule has 2 N–H and O–H groups in total. The molecule has 0 aliphatic carbocycles. The Morgan fingerprint density at radius 3 is 2.62 bits per heavy atom. The van der Waals surface area contributed by atoms with Crippen molar-refractivity contribution in [2.45, 2.75) is 44.2 Å². The van der Waals surface area contributed by atoms with Gasteiger partial charge in [-0.3, -0.25) is 14.5 Å². The highest BCUT2D eigenvalue weighted by atomic mass is 16.5. The first kappa shape index (κ1) is 22.1. The number of nitrogens with one attached hydrogen (secondary N) is 2. The maximum absolute atomic E-state index is 12.4. The van der Waals surface area contributed by atoms with Gasteiger partial charge in [-0.2, -0.15) is 0 Å². The van der Waals surface area contributed by atoms with Crippen molar-refractivity contribution in [2.75, 3.05) is 32.6 Å². The van der Waals surface area contributed by atoms with Gasteiger partial charge in [-0.15, -0.1) is 0 Å². The quantitative estimate of drug-likeness (QED) is 0.725. The number of piperidine rings is 1. The number of carbonyl (C=O) groups is 2. The largest absolute Gasteiger partial charge is 0.497 e. The molecule has 2 aromatic carbocycles. The predicted molar refractivity (Wildman–Crippen MR) is 123 cm³/mol. The normalized spacial score (nSPS) is 23.1. The van der Waals surface area contributed by atoms with Gasteiger partial charge in [0.2, 0.25) is 11.8 Å². The molecule has 0 bridgehead atoms. The Kier molecular flexibility index (Phi) is 6.37. The number of likely N-dealkylation sites (tertiary alicyclic amines) is 1. The van der Waals surface area contributed by atoms with Crippen molar-refractivity contribution in [2.24, 2.45) is 0 Å². The van der Waals surface area contributed by atoms with Gasteiger partial charge >= 0.3 is 0 Å². The molecule has 2 aliphatic heterocycles. The van der Waals surface area contributed by atoms with E-state index in [0.29, 0.717) is 13.0 Å². The molecule has 4 rings (SSSR count). The van der Waals surface area contributed by atoms with Crippen molar-refractivity contribution >= 4 is 17.5 Å². The van der Waals surface area contributed by atoms with Gasteiger partial charge in [0.15, 0.2) is 0 Å². The molecule has 1 spiro atoms. The van der Waals surface area contributed by atoms with Crippen LogP contribution in [0.3, 0.4) is 0 Å². The van der Waals surface area contributed by atoms with Crippen molar-refractivity contribution in [3.8, 4) is 11.5 Å². The van der Waals surface area contributed by atoms with Crippen LogP contribution in [0.1, 0.15) is 43.2 Å². The predicted octanol–water partition coefficient (Wildman–Crippen LogP) is 3.30. The van der Waals surface area contributed by atoms with E-state index in [0.717, 1.165) is 48.7 Å². The number of hydrogen-bond acceptors (Lipinski definition) is 5. The molecule has 2 aromatic rings. The Morgan fingerprint density at radius 2 is 1.97 bits per heavy atom. The maximum Gasteiger partial charge on any atom is 0.221 e. The Morgan fingerprint density at radius 1 is 1.19 bits per heavy atom. The molecular formula is C25H31N3O4. The lowest BCUT2D eigenvalue weighted by Crippen LogP contribution is -2.56. The molecule has 0 saturated carbocycles. The van der Waals surface area contributed by atoms with Crippen LogP contribution in [0.5, 0.6) is 11.5 Å². The number of nitrogens with zero attached hydrogens (tertiary/aromatic N) is 1. The van der Waals surface area contributed by atoms with E-state index in [1.165, 1.54) is 12.5 Å². The minimum atomic E-state index is -0.295. The van der Waals surface area contributed by atoms with Gasteiger partial charge in [-0.25, -0.2) is 0 Å². The van der Waals surface area contributed by atoms with E-state index in [4.69, 9.17) is 9.47 Å². The van der Waals surface area contributed by atoms with Crippen LogP contribution >= 0.6 is 0 Å². The summed E-state index contributed by atoms with van der Waals surface area (Å²) in [5.41, 5.74) is 2.71. The number of hydrogen-bond donors (Lipinski definition) is 2. The standard InChI is InChI=1S/C25H31N3O4/c1-17(29)26-20-8-6-18(7-9-20)22-15-28(16-25(22)12-4-5-24(30)27-25)14-19-13-21(31-2)10-11-23(19)32-3/h6-11,13,22H,4-5,12,14-16H2,1-3H3,(H,26,29)(H,27,30)/t22-,25+/m0/s1. The molecule has 7 heteroatoms. The molecule has 2 amide bonds. The van der Waals surface area contributed by atoms with E-state index in [9.17, 15) is 9.59 Å². The van der Waals surface area contributed by atoms with E-state index >= 15 is 0 Å². The highest BCUT2D eigenvalue weighted by Crippen LogP contribution is 2.42. The van der Waals surface area contributed by atoms with E-state index < -0.39 is 0 Å².